The van der Waals surface area contributed by atoms with E-state index in [1.807, 2.05) is 0 Å². The first-order valence-corrected chi connectivity index (χ1v) is 4.88. The maximum Gasteiger partial charge on any atom is 0.116 e. The van der Waals surface area contributed by atoms with E-state index < -0.39 is 0 Å². The monoisotopic (exact) mass is 414 g/mol. The minimum absolute atomic E-state index is 0. The second-order valence-corrected chi connectivity index (χ2v) is 3.60. The van der Waals surface area contributed by atoms with Crippen LogP contribution in [0, 0.1) is 27.0 Å². The van der Waals surface area contributed by atoms with Crippen LogP contribution in [-0.4, -0.2) is 11.6 Å². The first-order chi connectivity index (χ1) is 7.79. The van der Waals surface area contributed by atoms with Crippen molar-refractivity contribution in [1.29, 1.82) is 0 Å². The number of carbonyl (C=O) groups excluding carboxylic acids is 2. The molecule has 98 valence electrons. The molecule has 20 heavy (non-hydrogen) atoms. The molecule has 0 saturated heterocycles. The molecule has 0 spiro atoms. The smallest absolute Gasteiger partial charge is 0.116 e. The average molecular weight is 414 g/mol. The molecule has 2 nitrogen and oxygen atoms in total. The van der Waals surface area contributed by atoms with E-state index in [0.717, 1.165) is 0 Å². The van der Waals surface area contributed by atoms with Crippen molar-refractivity contribution in [1.82, 2.24) is 0 Å². The normalized spacial score (nSPS) is 10.6. The molecule has 0 N–H and O–H groups in total. The minimum Gasteiger partial charge on any atom is -0.358 e. The van der Waals surface area contributed by atoms with E-state index in [9.17, 15) is 9.59 Å². The number of benzene rings is 2. The Morgan fingerprint density at radius 3 is 1.35 bits per heavy atom. The van der Waals surface area contributed by atoms with Gasteiger partial charge >= 0.3 is 0 Å². The van der Waals surface area contributed by atoms with Crippen LogP contribution < -0.4 is 0 Å². The largest absolute Gasteiger partial charge is 0.358 e. The van der Waals surface area contributed by atoms with E-state index in [-0.39, 0.29) is 91.8 Å². The van der Waals surface area contributed by atoms with Crippen LogP contribution in [0.2, 0.25) is 0 Å². The first-order valence-electron chi connectivity index (χ1n) is 4.88. The zero-order chi connectivity index (χ0) is 11.1. The van der Waals surface area contributed by atoms with Crippen molar-refractivity contribution in [3.63, 3.8) is 0 Å². The van der Waals surface area contributed by atoms with Crippen molar-refractivity contribution in [2.24, 2.45) is 0 Å². The molecule has 0 bridgehead atoms. The molecule has 2 radical (unpaired) electrons. The van der Waals surface area contributed by atoms with Crippen molar-refractivity contribution in [3.8, 4) is 0 Å². The van der Waals surface area contributed by atoms with Crippen LogP contribution in [0.5, 0.6) is 0 Å². The van der Waals surface area contributed by atoms with Gasteiger partial charge in [0.1, 0.15) is 11.6 Å². The van der Waals surface area contributed by atoms with Crippen molar-refractivity contribution >= 4 is 11.6 Å². The average Bonchev–Trinajstić information content (AvgIpc) is 2.36. The van der Waals surface area contributed by atoms with Gasteiger partial charge in [-0.3, -0.25) is 0 Å². The molecule has 2 aromatic carbocycles. The van der Waals surface area contributed by atoms with Gasteiger partial charge in [0.2, 0.25) is 0 Å². The quantitative estimate of drug-likeness (QED) is 0.531. The maximum absolute atomic E-state index is 12.1. The van der Waals surface area contributed by atoms with Gasteiger partial charge in [-0.2, -0.15) is 48.5 Å². The van der Waals surface area contributed by atoms with Crippen LogP contribution in [0.15, 0.2) is 36.4 Å². The number of rotatable bonds is 0. The molecule has 2 aromatic rings. The Kier molecular flexibility index (Phi) is 10.1. The van der Waals surface area contributed by atoms with Crippen LogP contribution in [0.25, 0.3) is 0 Å². The standard InChI is InChI=1S/C14H6O2.2CH3.2Y/c15-13-9-5-1-2-6-10(9)14(16)12-8-4-3-7-11(12)13;;;;/h1,4-8H;2*1H3;;/q-2;2*-1;;. The van der Waals surface area contributed by atoms with Crippen molar-refractivity contribution in [2.75, 3.05) is 0 Å². The summed E-state index contributed by atoms with van der Waals surface area (Å²) < 4.78 is 0. The molecule has 1 aliphatic carbocycles. The zero-order valence-electron chi connectivity index (χ0n) is 11.4. The fourth-order valence-electron chi connectivity index (χ4n) is 1.92. The van der Waals surface area contributed by atoms with E-state index in [1.165, 1.54) is 0 Å². The molecule has 0 fully saturated rings. The van der Waals surface area contributed by atoms with E-state index >= 15 is 0 Å². The molecular weight excluding hydrogens is 402 g/mol. The third-order valence-electron chi connectivity index (χ3n) is 2.71. The van der Waals surface area contributed by atoms with Crippen LogP contribution in [-0.2, 0) is 65.4 Å². The predicted octanol–water partition coefficient (Wildman–Crippen LogP) is 2.96. The second-order valence-electron chi connectivity index (χ2n) is 3.60. The van der Waals surface area contributed by atoms with E-state index in [1.54, 1.807) is 36.4 Å². The van der Waals surface area contributed by atoms with Crippen molar-refractivity contribution in [3.05, 3.63) is 85.6 Å². The number of fused-ring (bicyclic) bond motifs is 2. The third kappa shape index (κ3) is 3.60. The summed E-state index contributed by atoms with van der Waals surface area (Å²) >= 11 is 0. The summed E-state index contributed by atoms with van der Waals surface area (Å²) in [6, 6.07) is 15.3. The first kappa shape index (κ1) is 22.3. The molecule has 0 saturated carbocycles. The molecule has 4 heteroatoms. The maximum atomic E-state index is 12.1. The number of carbonyl (C=O) groups is 2. The Morgan fingerprint density at radius 2 is 1.00 bits per heavy atom. The Bertz CT molecular complexity index is 516. The molecule has 0 heterocycles. The molecule has 0 aliphatic heterocycles. The van der Waals surface area contributed by atoms with Gasteiger partial charge in [0, 0.05) is 65.4 Å². The summed E-state index contributed by atoms with van der Waals surface area (Å²) in [7, 11) is 0. The molecular formula is C16H12O2Y2-4. The summed E-state index contributed by atoms with van der Waals surface area (Å²) in [5, 5.41) is 0. The molecule has 3 rings (SSSR count). The van der Waals surface area contributed by atoms with Crippen LogP contribution in [0.4, 0.5) is 0 Å². The number of ketones is 2. The van der Waals surface area contributed by atoms with Gasteiger partial charge in [-0.15, -0.1) is 0 Å². The van der Waals surface area contributed by atoms with Crippen molar-refractivity contribution < 1.29 is 75.0 Å². The minimum atomic E-state index is -0.115. The summed E-state index contributed by atoms with van der Waals surface area (Å²) in [4.78, 5) is 24.1. The second kappa shape index (κ2) is 9.10. The number of hydrogen-bond acceptors (Lipinski definition) is 2. The van der Waals surface area contributed by atoms with Crippen molar-refractivity contribution in [2.45, 2.75) is 0 Å². The van der Waals surface area contributed by atoms with Crippen LogP contribution >= 0.6 is 0 Å². The topological polar surface area (TPSA) is 34.1 Å². The van der Waals surface area contributed by atoms with E-state index in [4.69, 9.17) is 0 Å². The molecule has 1 aliphatic rings. The van der Waals surface area contributed by atoms with Gasteiger partial charge in [-0.1, -0.05) is 22.3 Å². The van der Waals surface area contributed by atoms with Gasteiger partial charge < -0.3 is 24.4 Å². The summed E-state index contributed by atoms with van der Waals surface area (Å²) in [6.07, 6.45) is 0. The fraction of sp³-hybridized carbons (Fsp3) is 0. The summed E-state index contributed by atoms with van der Waals surface area (Å²) in [5.41, 5.74) is 1.78. The van der Waals surface area contributed by atoms with Gasteiger partial charge in [0.25, 0.3) is 0 Å². The molecule has 0 unspecified atom stereocenters. The molecule has 0 aromatic heterocycles. The SMILES string of the molecule is O=C1c2c[c-]ccc2C(=O)c2c[c-]ccc21.[CH3-].[CH3-].[Y].[Y]. The van der Waals surface area contributed by atoms with E-state index in [0.29, 0.717) is 22.3 Å². The van der Waals surface area contributed by atoms with Gasteiger partial charge in [-0.25, -0.2) is 0 Å². The van der Waals surface area contributed by atoms with Crippen LogP contribution in [0.3, 0.4) is 0 Å². The van der Waals surface area contributed by atoms with Crippen LogP contribution in [0.1, 0.15) is 31.8 Å². The van der Waals surface area contributed by atoms with Gasteiger partial charge in [0.15, 0.2) is 0 Å². The Hall–Kier alpha value is -0.0122. The molecule has 0 amide bonds. The predicted molar refractivity (Wildman–Crippen MR) is 70.2 cm³/mol. The van der Waals surface area contributed by atoms with Gasteiger partial charge in [0.05, 0.1) is 0 Å². The fourth-order valence-corrected chi connectivity index (χ4v) is 1.92. The Balaban J connectivity index is 0. The number of hydrogen-bond donors (Lipinski definition) is 0. The van der Waals surface area contributed by atoms with E-state index in [2.05, 4.69) is 12.1 Å². The summed E-state index contributed by atoms with van der Waals surface area (Å²) in [6.45, 7) is 0. The zero-order valence-corrected chi connectivity index (χ0v) is 17.1. The third-order valence-corrected chi connectivity index (χ3v) is 2.71. The summed E-state index contributed by atoms with van der Waals surface area (Å²) in [5.74, 6) is -0.231. The Morgan fingerprint density at radius 1 is 0.650 bits per heavy atom. The Labute approximate surface area is 170 Å². The van der Waals surface area contributed by atoms with Gasteiger partial charge in [-0.05, 0) is 0 Å². The molecule has 0 atom stereocenters.